The first kappa shape index (κ1) is 25.6. The minimum absolute atomic E-state index is 0.125. The lowest BCUT2D eigenvalue weighted by molar-refractivity contribution is -0.143. The second kappa shape index (κ2) is 12.9. The number of rotatable bonds is 13. The van der Waals surface area contributed by atoms with Crippen molar-refractivity contribution in [1.29, 1.82) is 0 Å². The molecule has 3 amide bonds. The summed E-state index contributed by atoms with van der Waals surface area (Å²) in [5.74, 6) is -5.00. The van der Waals surface area contributed by atoms with Crippen LogP contribution in [-0.4, -0.2) is 87.8 Å². The van der Waals surface area contributed by atoms with Crippen LogP contribution in [0.3, 0.4) is 0 Å². The van der Waals surface area contributed by atoms with Crippen molar-refractivity contribution >= 4 is 41.4 Å². The topological polar surface area (TPSA) is 208 Å². The first-order valence-electron chi connectivity index (χ1n) is 8.24. The van der Waals surface area contributed by atoms with Crippen LogP contribution in [0.1, 0.15) is 19.8 Å². The van der Waals surface area contributed by atoms with Gasteiger partial charge in [-0.25, -0.2) is 4.79 Å². The van der Waals surface area contributed by atoms with E-state index in [9.17, 15) is 29.1 Å². The molecule has 160 valence electrons. The fourth-order valence-electron chi connectivity index (χ4n) is 1.92. The van der Waals surface area contributed by atoms with E-state index >= 15 is 0 Å². The van der Waals surface area contributed by atoms with Gasteiger partial charge in [0, 0.05) is 0 Å². The summed E-state index contributed by atoms with van der Waals surface area (Å²) in [5, 5.41) is 33.8. The molecule has 0 aromatic rings. The Balaban J connectivity index is 5.12. The average molecular weight is 422 g/mol. The highest BCUT2D eigenvalue weighted by atomic mass is 32.2. The minimum atomic E-state index is -1.54. The quantitative estimate of drug-likeness (QED) is 0.161. The van der Waals surface area contributed by atoms with Crippen molar-refractivity contribution in [3.63, 3.8) is 0 Å². The summed E-state index contributed by atoms with van der Waals surface area (Å²) in [7, 11) is 0. The van der Waals surface area contributed by atoms with Gasteiger partial charge in [0.05, 0.1) is 19.1 Å². The fraction of sp³-hybridized carbons (Fsp3) is 0.667. The molecular formula is C15H26N4O8S. The molecule has 0 aliphatic heterocycles. The number of carbonyl (C=O) groups excluding carboxylic acids is 3. The van der Waals surface area contributed by atoms with Crippen LogP contribution in [0.2, 0.25) is 0 Å². The van der Waals surface area contributed by atoms with Crippen molar-refractivity contribution in [2.24, 2.45) is 5.73 Å². The number of nitrogens with one attached hydrogen (secondary N) is 3. The van der Waals surface area contributed by atoms with Gasteiger partial charge in [0.15, 0.2) is 0 Å². The lowest BCUT2D eigenvalue weighted by Crippen LogP contribution is -2.58. The lowest BCUT2D eigenvalue weighted by Gasteiger charge is -2.23. The highest BCUT2D eigenvalue weighted by molar-refractivity contribution is 7.98. The number of amides is 3. The molecule has 0 spiro atoms. The molecule has 0 bridgehead atoms. The standard InChI is InChI=1S/C15H26N4O8S/c1-7(16)12(23)18-9(5-11(21)22)13(24)19-10(6-20)14(25)17-8(15(26)27)3-4-28-2/h7-10,20H,3-6,16H2,1-2H3,(H,17,25)(H,18,23)(H,19,24)(H,21,22)(H,26,27). The molecule has 4 unspecified atom stereocenters. The van der Waals surface area contributed by atoms with E-state index in [1.54, 1.807) is 6.26 Å². The molecule has 12 nitrogen and oxygen atoms in total. The molecule has 0 heterocycles. The van der Waals surface area contributed by atoms with E-state index in [2.05, 4.69) is 16.0 Å². The van der Waals surface area contributed by atoms with Crippen molar-refractivity contribution in [1.82, 2.24) is 16.0 Å². The number of thioether (sulfide) groups is 1. The number of hydrogen-bond acceptors (Lipinski definition) is 8. The average Bonchev–Trinajstić information content (AvgIpc) is 2.61. The Labute approximate surface area is 165 Å². The Hall–Kier alpha value is -2.38. The maximum Gasteiger partial charge on any atom is 0.326 e. The first-order chi connectivity index (χ1) is 13.0. The summed E-state index contributed by atoms with van der Waals surface area (Å²) in [6, 6.07) is -5.30. The lowest BCUT2D eigenvalue weighted by atomic mass is 10.1. The van der Waals surface area contributed by atoms with Crippen molar-refractivity contribution in [2.75, 3.05) is 18.6 Å². The van der Waals surface area contributed by atoms with E-state index < -0.39 is 66.9 Å². The zero-order chi connectivity index (χ0) is 21.9. The van der Waals surface area contributed by atoms with Gasteiger partial charge in [-0.05, 0) is 25.4 Å². The number of aliphatic hydroxyl groups excluding tert-OH is 1. The summed E-state index contributed by atoms with van der Waals surface area (Å²) in [6.45, 7) is 0.461. The van der Waals surface area contributed by atoms with E-state index in [0.29, 0.717) is 5.75 Å². The molecule has 0 aromatic carbocycles. The van der Waals surface area contributed by atoms with Crippen molar-refractivity contribution < 1.29 is 39.3 Å². The molecule has 0 aromatic heterocycles. The normalized spacial score (nSPS) is 14.9. The monoisotopic (exact) mass is 422 g/mol. The molecule has 0 radical (unpaired) electrons. The Kier molecular flexibility index (Phi) is 11.8. The third kappa shape index (κ3) is 9.53. The van der Waals surface area contributed by atoms with Crippen LogP contribution in [0.5, 0.6) is 0 Å². The highest BCUT2D eigenvalue weighted by Gasteiger charge is 2.30. The van der Waals surface area contributed by atoms with Gasteiger partial charge in [-0.2, -0.15) is 11.8 Å². The maximum absolute atomic E-state index is 12.3. The summed E-state index contributed by atoms with van der Waals surface area (Å²) < 4.78 is 0. The SMILES string of the molecule is CSCCC(NC(=O)C(CO)NC(=O)C(CC(=O)O)NC(=O)C(C)N)C(=O)O. The number of hydrogen-bond donors (Lipinski definition) is 7. The second-order valence-corrected chi connectivity index (χ2v) is 6.86. The Morgan fingerprint density at radius 1 is 0.929 bits per heavy atom. The predicted molar refractivity (Wildman–Crippen MR) is 99.4 cm³/mol. The first-order valence-corrected chi connectivity index (χ1v) is 9.63. The summed E-state index contributed by atoms with van der Waals surface area (Å²) in [4.78, 5) is 58.2. The Bertz CT molecular complexity index is 586. The summed E-state index contributed by atoms with van der Waals surface area (Å²) in [6.07, 6.45) is 1.10. The fourth-order valence-corrected chi connectivity index (χ4v) is 2.39. The smallest absolute Gasteiger partial charge is 0.326 e. The zero-order valence-electron chi connectivity index (χ0n) is 15.5. The van der Waals surface area contributed by atoms with Crippen LogP contribution in [0.25, 0.3) is 0 Å². The van der Waals surface area contributed by atoms with Crippen LogP contribution in [0.15, 0.2) is 0 Å². The third-order valence-electron chi connectivity index (χ3n) is 3.47. The molecule has 0 fully saturated rings. The summed E-state index contributed by atoms with van der Waals surface area (Å²) in [5.41, 5.74) is 5.36. The second-order valence-electron chi connectivity index (χ2n) is 5.87. The molecule has 13 heteroatoms. The van der Waals surface area contributed by atoms with Gasteiger partial charge in [-0.15, -0.1) is 0 Å². The van der Waals surface area contributed by atoms with Crippen LogP contribution in [0.4, 0.5) is 0 Å². The number of carboxylic acid groups (broad SMARTS) is 2. The molecule has 4 atom stereocenters. The van der Waals surface area contributed by atoms with E-state index in [1.807, 2.05) is 0 Å². The number of aliphatic hydroxyl groups is 1. The molecule has 0 rings (SSSR count). The van der Waals surface area contributed by atoms with Crippen molar-refractivity contribution in [2.45, 2.75) is 43.9 Å². The Morgan fingerprint density at radius 3 is 1.86 bits per heavy atom. The van der Waals surface area contributed by atoms with Crippen LogP contribution < -0.4 is 21.7 Å². The number of carbonyl (C=O) groups is 5. The zero-order valence-corrected chi connectivity index (χ0v) is 16.3. The van der Waals surface area contributed by atoms with E-state index in [0.717, 1.165) is 0 Å². The molecule has 0 saturated carbocycles. The van der Waals surface area contributed by atoms with Crippen LogP contribution in [0, 0.1) is 0 Å². The van der Waals surface area contributed by atoms with Crippen LogP contribution >= 0.6 is 11.8 Å². The molecular weight excluding hydrogens is 396 g/mol. The van der Waals surface area contributed by atoms with Gasteiger partial charge in [0.1, 0.15) is 18.1 Å². The van der Waals surface area contributed by atoms with E-state index in [1.165, 1.54) is 18.7 Å². The molecule has 0 aliphatic rings. The van der Waals surface area contributed by atoms with Crippen LogP contribution in [-0.2, 0) is 24.0 Å². The van der Waals surface area contributed by atoms with Gasteiger partial charge in [0.25, 0.3) is 0 Å². The van der Waals surface area contributed by atoms with Gasteiger partial charge in [-0.3, -0.25) is 19.2 Å². The van der Waals surface area contributed by atoms with Crippen molar-refractivity contribution in [3.05, 3.63) is 0 Å². The number of carboxylic acids is 2. The molecule has 8 N–H and O–H groups in total. The maximum atomic E-state index is 12.3. The highest BCUT2D eigenvalue weighted by Crippen LogP contribution is 2.02. The van der Waals surface area contributed by atoms with Gasteiger partial charge in [0.2, 0.25) is 17.7 Å². The van der Waals surface area contributed by atoms with Gasteiger partial charge >= 0.3 is 11.9 Å². The van der Waals surface area contributed by atoms with E-state index in [-0.39, 0.29) is 6.42 Å². The van der Waals surface area contributed by atoms with Gasteiger partial charge in [-0.1, -0.05) is 0 Å². The number of aliphatic carboxylic acids is 2. The predicted octanol–water partition coefficient (Wildman–Crippen LogP) is -2.91. The number of nitrogens with two attached hydrogens (primary N) is 1. The summed E-state index contributed by atoms with van der Waals surface area (Å²) >= 11 is 1.38. The Morgan fingerprint density at radius 2 is 1.43 bits per heavy atom. The molecule has 0 saturated heterocycles. The molecule has 0 aliphatic carbocycles. The minimum Gasteiger partial charge on any atom is -0.481 e. The van der Waals surface area contributed by atoms with Crippen molar-refractivity contribution in [3.8, 4) is 0 Å². The molecule has 28 heavy (non-hydrogen) atoms. The largest absolute Gasteiger partial charge is 0.481 e. The third-order valence-corrected chi connectivity index (χ3v) is 4.11. The van der Waals surface area contributed by atoms with Gasteiger partial charge < -0.3 is 37.0 Å². The van der Waals surface area contributed by atoms with E-state index in [4.69, 9.17) is 15.9 Å².